The maximum absolute atomic E-state index is 13.2. The molecule has 2 nitrogen and oxygen atoms in total. The minimum atomic E-state index is -0.395. The number of nitrogens with one attached hydrogen (secondary N) is 1. The van der Waals surface area contributed by atoms with Crippen LogP contribution >= 0.6 is 11.6 Å². The van der Waals surface area contributed by atoms with Crippen LogP contribution in [0.4, 0.5) is 4.39 Å². The van der Waals surface area contributed by atoms with E-state index in [0.29, 0.717) is 13.1 Å². The molecule has 0 bridgehead atoms. The van der Waals surface area contributed by atoms with Crippen molar-refractivity contribution < 1.29 is 9.50 Å². The van der Waals surface area contributed by atoms with E-state index in [2.05, 4.69) is 5.32 Å². The predicted octanol–water partition coefficient (Wildman–Crippen LogP) is 3.26. The van der Waals surface area contributed by atoms with Gasteiger partial charge in [-0.25, -0.2) is 4.39 Å². The number of aliphatic hydroxyl groups excluding tert-OH is 1. The topological polar surface area (TPSA) is 32.3 Å². The highest BCUT2D eigenvalue weighted by atomic mass is 35.5. The number of hydrogen-bond donors (Lipinski definition) is 2. The first-order valence-electron chi connectivity index (χ1n) is 6.03. The fourth-order valence-corrected chi connectivity index (χ4v) is 1.98. The van der Waals surface area contributed by atoms with Crippen molar-refractivity contribution in [2.24, 2.45) is 0 Å². The summed E-state index contributed by atoms with van der Waals surface area (Å²) < 4.78 is 13.2. The van der Waals surface area contributed by atoms with Crippen LogP contribution < -0.4 is 5.32 Å². The van der Waals surface area contributed by atoms with Gasteiger partial charge in [0, 0.05) is 13.1 Å². The zero-order valence-corrected chi connectivity index (χ0v) is 11.1. The molecule has 0 aliphatic carbocycles. The summed E-state index contributed by atoms with van der Waals surface area (Å²) in [5.41, 5.74) is 2.73. The van der Waals surface area contributed by atoms with E-state index in [0.717, 1.165) is 16.7 Å². The molecule has 0 fully saturated rings. The lowest BCUT2D eigenvalue weighted by Crippen LogP contribution is -2.13. The number of halogens is 2. The minimum absolute atomic E-state index is 0.0482. The van der Waals surface area contributed by atoms with Crippen LogP contribution in [-0.2, 0) is 19.7 Å². The van der Waals surface area contributed by atoms with Crippen molar-refractivity contribution in [2.75, 3.05) is 0 Å². The molecule has 2 aromatic rings. The third-order valence-electron chi connectivity index (χ3n) is 2.88. The quantitative estimate of drug-likeness (QED) is 0.880. The summed E-state index contributed by atoms with van der Waals surface area (Å²) >= 11 is 5.87. The van der Waals surface area contributed by atoms with Crippen LogP contribution in [0.25, 0.3) is 0 Å². The Morgan fingerprint density at radius 1 is 1.00 bits per heavy atom. The van der Waals surface area contributed by atoms with E-state index in [1.165, 1.54) is 6.07 Å². The van der Waals surface area contributed by atoms with Crippen LogP contribution in [0.15, 0.2) is 42.5 Å². The van der Waals surface area contributed by atoms with Gasteiger partial charge in [0.15, 0.2) is 0 Å². The lowest BCUT2D eigenvalue weighted by Gasteiger charge is -2.08. The summed E-state index contributed by atoms with van der Waals surface area (Å²) in [6, 6.07) is 12.5. The minimum Gasteiger partial charge on any atom is -0.392 e. The molecule has 19 heavy (non-hydrogen) atoms. The first kappa shape index (κ1) is 14.0. The SMILES string of the molecule is OCc1ccc(CNCc2cccc(F)c2Cl)cc1. The van der Waals surface area contributed by atoms with Crippen molar-refractivity contribution in [2.45, 2.75) is 19.7 Å². The smallest absolute Gasteiger partial charge is 0.142 e. The maximum Gasteiger partial charge on any atom is 0.142 e. The number of aliphatic hydroxyl groups is 1. The fourth-order valence-electron chi connectivity index (χ4n) is 1.79. The maximum atomic E-state index is 13.2. The zero-order valence-electron chi connectivity index (χ0n) is 10.4. The average molecular weight is 280 g/mol. The molecule has 2 N–H and O–H groups in total. The molecule has 0 saturated heterocycles. The van der Waals surface area contributed by atoms with Crippen molar-refractivity contribution >= 4 is 11.6 Å². The molecule has 0 unspecified atom stereocenters. The molecular formula is C15H15ClFNO. The zero-order chi connectivity index (χ0) is 13.7. The molecule has 0 aliphatic rings. The van der Waals surface area contributed by atoms with Gasteiger partial charge in [-0.3, -0.25) is 0 Å². The Morgan fingerprint density at radius 3 is 2.37 bits per heavy atom. The van der Waals surface area contributed by atoms with E-state index in [4.69, 9.17) is 16.7 Å². The Labute approximate surface area is 116 Å². The van der Waals surface area contributed by atoms with Gasteiger partial charge in [-0.05, 0) is 22.8 Å². The summed E-state index contributed by atoms with van der Waals surface area (Å²) in [6.45, 7) is 1.23. The Hall–Kier alpha value is -1.42. The summed E-state index contributed by atoms with van der Waals surface area (Å²) in [7, 11) is 0. The van der Waals surface area contributed by atoms with Crippen molar-refractivity contribution in [3.05, 3.63) is 70.0 Å². The second kappa shape index (κ2) is 6.66. The van der Waals surface area contributed by atoms with Gasteiger partial charge in [0.1, 0.15) is 5.82 Å². The van der Waals surface area contributed by atoms with E-state index >= 15 is 0 Å². The Bertz CT molecular complexity index is 542. The van der Waals surface area contributed by atoms with Gasteiger partial charge in [0.2, 0.25) is 0 Å². The van der Waals surface area contributed by atoms with Gasteiger partial charge in [-0.15, -0.1) is 0 Å². The van der Waals surface area contributed by atoms with Gasteiger partial charge in [0.25, 0.3) is 0 Å². The second-order valence-electron chi connectivity index (χ2n) is 4.29. The predicted molar refractivity (Wildman–Crippen MR) is 74.3 cm³/mol. The summed E-state index contributed by atoms with van der Waals surface area (Å²) in [5, 5.41) is 12.3. The number of hydrogen-bond acceptors (Lipinski definition) is 2. The van der Waals surface area contributed by atoms with Crippen molar-refractivity contribution in [3.8, 4) is 0 Å². The van der Waals surface area contributed by atoms with Crippen LogP contribution in [0, 0.1) is 5.82 Å². The molecule has 2 aromatic carbocycles. The van der Waals surface area contributed by atoms with E-state index in [1.807, 2.05) is 24.3 Å². The Kier molecular flexibility index (Phi) is 4.91. The largest absolute Gasteiger partial charge is 0.392 e. The molecule has 0 heterocycles. The molecular weight excluding hydrogens is 265 g/mol. The summed E-state index contributed by atoms with van der Waals surface area (Å²) in [4.78, 5) is 0. The van der Waals surface area contributed by atoms with E-state index in [-0.39, 0.29) is 11.6 Å². The molecule has 100 valence electrons. The highest BCUT2D eigenvalue weighted by molar-refractivity contribution is 6.31. The highest BCUT2D eigenvalue weighted by Gasteiger charge is 2.04. The van der Waals surface area contributed by atoms with Gasteiger partial charge in [-0.2, -0.15) is 0 Å². The molecule has 0 aromatic heterocycles. The number of rotatable bonds is 5. The van der Waals surface area contributed by atoms with Gasteiger partial charge in [0.05, 0.1) is 11.6 Å². The normalized spacial score (nSPS) is 10.7. The van der Waals surface area contributed by atoms with E-state index in [1.54, 1.807) is 12.1 Å². The van der Waals surface area contributed by atoms with Crippen molar-refractivity contribution in [1.82, 2.24) is 5.32 Å². The van der Waals surface area contributed by atoms with E-state index < -0.39 is 5.82 Å². The van der Waals surface area contributed by atoms with Crippen LogP contribution in [0.2, 0.25) is 5.02 Å². The lowest BCUT2D eigenvalue weighted by molar-refractivity contribution is 0.282. The van der Waals surface area contributed by atoms with Crippen LogP contribution in [0.1, 0.15) is 16.7 Å². The third-order valence-corrected chi connectivity index (χ3v) is 3.30. The first-order valence-corrected chi connectivity index (χ1v) is 6.41. The van der Waals surface area contributed by atoms with Crippen LogP contribution in [0.5, 0.6) is 0 Å². The molecule has 0 spiro atoms. The van der Waals surface area contributed by atoms with Crippen molar-refractivity contribution in [3.63, 3.8) is 0 Å². The van der Waals surface area contributed by atoms with Crippen LogP contribution in [-0.4, -0.2) is 5.11 Å². The Morgan fingerprint density at radius 2 is 1.68 bits per heavy atom. The molecule has 0 amide bonds. The van der Waals surface area contributed by atoms with Gasteiger partial charge < -0.3 is 10.4 Å². The van der Waals surface area contributed by atoms with Gasteiger partial charge >= 0.3 is 0 Å². The van der Waals surface area contributed by atoms with Crippen LogP contribution in [0.3, 0.4) is 0 Å². The molecule has 4 heteroatoms. The first-order chi connectivity index (χ1) is 9.20. The molecule has 0 aliphatic heterocycles. The molecule has 2 rings (SSSR count). The summed E-state index contributed by atoms with van der Waals surface area (Å²) in [5.74, 6) is -0.395. The highest BCUT2D eigenvalue weighted by Crippen LogP contribution is 2.19. The standard InChI is InChI=1S/C15H15ClFNO/c16-15-13(2-1-3-14(15)17)9-18-8-11-4-6-12(10-19)7-5-11/h1-7,18-19H,8-10H2. The van der Waals surface area contributed by atoms with Gasteiger partial charge in [-0.1, -0.05) is 48.0 Å². The lowest BCUT2D eigenvalue weighted by atomic mass is 10.1. The van der Waals surface area contributed by atoms with E-state index in [9.17, 15) is 4.39 Å². The average Bonchev–Trinajstić information content (AvgIpc) is 2.44. The molecule has 0 saturated carbocycles. The second-order valence-corrected chi connectivity index (χ2v) is 4.67. The third kappa shape index (κ3) is 3.77. The molecule has 0 atom stereocenters. The van der Waals surface area contributed by atoms with Crippen molar-refractivity contribution in [1.29, 1.82) is 0 Å². The number of benzene rings is 2. The Balaban J connectivity index is 1.90. The monoisotopic (exact) mass is 279 g/mol. The summed E-state index contributed by atoms with van der Waals surface area (Å²) in [6.07, 6.45) is 0. The fraction of sp³-hybridized carbons (Fsp3) is 0.200. The molecule has 0 radical (unpaired) electrons.